The van der Waals surface area contributed by atoms with Gasteiger partial charge >= 0.3 is 5.97 Å². The topological polar surface area (TPSA) is 107 Å². The third kappa shape index (κ3) is 5.60. The van der Waals surface area contributed by atoms with E-state index in [2.05, 4.69) is 10.3 Å². The van der Waals surface area contributed by atoms with Crippen LogP contribution in [-0.2, 0) is 14.3 Å². The first kappa shape index (κ1) is 19.0. The largest absolute Gasteiger partial charge is 0.503 e. The summed E-state index contributed by atoms with van der Waals surface area (Å²) >= 11 is 0. The normalized spacial score (nSPS) is 16.0. The molecule has 8 nitrogen and oxygen atoms in total. The number of esters is 1. The Labute approximate surface area is 146 Å². The molecule has 25 heavy (non-hydrogen) atoms. The number of nitrogens with zero attached hydrogens (tertiary/aromatic N) is 1. The molecule has 0 saturated heterocycles. The molecule has 2 atom stereocenters. The van der Waals surface area contributed by atoms with Gasteiger partial charge in [-0.15, -0.1) is 0 Å². The van der Waals surface area contributed by atoms with Gasteiger partial charge in [0.25, 0.3) is 5.91 Å². The molecule has 1 aliphatic rings. The number of aromatic nitrogens is 1. The minimum absolute atomic E-state index is 0.122. The standard InChI is InChI=1S/C17H24N2O6/c1-10(8-24-9-12-4-5-12)25-17(22)11(2)19-16(21)14-15(20)13(23-3)6-7-18-14/h6-7,10-12,20H,4-5,8-9H2,1-3H3,(H,19,21)/t10-,11-/m0/s1. The summed E-state index contributed by atoms with van der Waals surface area (Å²) in [6.07, 6.45) is 3.31. The number of rotatable bonds is 9. The van der Waals surface area contributed by atoms with Crippen molar-refractivity contribution in [3.05, 3.63) is 18.0 Å². The van der Waals surface area contributed by atoms with Gasteiger partial charge in [-0.1, -0.05) is 0 Å². The summed E-state index contributed by atoms with van der Waals surface area (Å²) in [5.41, 5.74) is -0.222. The lowest BCUT2D eigenvalue weighted by Gasteiger charge is -2.18. The van der Waals surface area contributed by atoms with Gasteiger partial charge in [-0.05, 0) is 32.6 Å². The number of pyridine rings is 1. The molecule has 0 spiro atoms. The SMILES string of the molecule is COc1ccnc(C(=O)N[C@@H](C)C(=O)O[C@@H](C)COCC2CC2)c1O. The smallest absolute Gasteiger partial charge is 0.328 e. The van der Waals surface area contributed by atoms with Crippen LogP contribution in [0.1, 0.15) is 37.2 Å². The molecule has 0 radical (unpaired) electrons. The van der Waals surface area contributed by atoms with E-state index in [9.17, 15) is 14.7 Å². The lowest BCUT2D eigenvalue weighted by molar-refractivity contribution is -0.153. The van der Waals surface area contributed by atoms with E-state index in [4.69, 9.17) is 14.2 Å². The zero-order chi connectivity index (χ0) is 18.4. The Morgan fingerprint density at radius 3 is 2.76 bits per heavy atom. The van der Waals surface area contributed by atoms with E-state index >= 15 is 0 Å². The first-order chi connectivity index (χ1) is 11.9. The number of carbonyl (C=O) groups excluding carboxylic acids is 2. The van der Waals surface area contributed by atoms with E-state index in [-0.39, 0.29) is 17.2 Å². The maximum atomic E-state index is 12.2. The third-order valence-electron chi connectivity index (χ3n) is 3.74. The molecule has 0 aromatic carbocycles. The first-order valence-corrected chi connectivity index (χ1v) is 8.23. The molecule has 1 saturated carbocycles. The second-order valence-electron chi connectivity index (χ2n) is 6.13. The lowest BCUT2D eigenvalue weighted by atomic mass is 10.2. The molecule has 0 bridgehead atoms. The average molecular weight is 352 g/mol. The zero-order valence-corrected chi connectivity index (χ0v) is 14.7. The molecule has 1 heterocycles. The minimum Gasteiger partial charge on any atom is -0.503 e. The summed E-state index contributed by atoms with van der Waals surface area (Å²) in [7, 11) is 1.36. The Bertz CT molecular complexity index is 617. The van der Waals surface area contributed by atoms with Crippen LogP contribution in [0, 0.1) is 5.92 Å². The van der Waals surface area contributed by atoms with Crippen molar-refractivity contribution in [2.45, 2.75) is 38.8 Å². The lowest BCUT2D eigenvalue weighted by Crippen LogP contribution is -2.41. The van der Waals surface area contributed by atoms with Crippen LogP contribution in [0.3, 0.4) is 0 Å². The molecule has 2 N–H and O–H groups in total. The highest BCUT2D eigenvalue weighted by Crippen LogP contribution is 2.29. The van der Waals surface area contributed by atoms with Crippen molar-refractivity contribution in [1.82, 2.24) is 10.3 Å². The van der Waals surface area contributed by atoms with E-state index in [1.165, 1.54) is 39.1 Å². The molecule has 8 heteroatoms. The Morgan fingerprint density at radius 2 is 2.12 bits per heavy atom. The molecule has 1 aromatic rings. The van der Waals surface area contributed by atoms with Crippen LogP contribution in [0.5, 0.6) is 11.5 Å². The fraction of sp³-hybridized carbons (Fsp3) is 0.588. The predicted molar refractivity (Wildman–Crippen MR) is 88.5 cm³/mol. The van der Waals surface area contributed by atoms with Gasteiger partial charge in [0.2, 0.25) is 0 Å². The number of carbonyl (C=O) groups is 2. The molecule has 1 amide bonds. The van der Waals surface area contributed by atoms with Crippen molar-refractivity contribution in [3.8, 4) is 11.5 Å². The van der Waals surface area contributed by atoms with Crippen LogP contribution in [0.15, 0.2) is 12.3 Å². The molecule has 1 fully saturated rings. The van der Waals surface area contributed by atoms with Gasteiger partial charge in [-0.2, -0.15) is 0 Å². The van der Waals surface area contributed by atoms with Crippen molar-refractivity contribution in [2.75, 3.05) is 20.3 Å². The highest BCUT2D eigenvalue weighted by molar-refractivity contribution is 5.97. The maximum Gasteiger partial charge on any atom is 0.328 e. The summed E-state index contributed by atoms with van der Waals surface area (Å²) < 4.78 is 15.6. The van der Waals surface area contributed by atoms with E-state index < -0.39 is 24.0 Å². The van der Waals surface area contributed by atoms with Crippen molar-refractivity contribution >= 4 is 11.9 Å². The number of aromatic hydroxyl groups is 1. The molecule has 2 rings (SSSR count). The van der Waals surface area contributed by atoms with Crippen molar-refractivity contribution in [1.29, 1.82) is 0 Å². The number of hydrogen-bond acceptors (Lipinski definition) is 7. The second-order valence-corrected chi connectivity index (χ2v) is 6.13. The molecule has 138 valence electrons. The van der Waals surface area contributed by atoms with Crippen LogP contribution in [0.4, 0.5) is 0 Å². The Hall–Kier alpha value is -2.35. The third-order valence-corrected chi connectivity index (χ3v) is 3.74. The Balaban J connectivity index is 1.82. The average Bonchev–Trinajstić information content (AvgIpc) is 3.39. The van der Waals surface area contributed by atoms with Gasteiger partial charge in [0.15, 0.2) is 17.2 Å². The van der Waals surface area contributed by atoms with Crippen molar-refractivity contribution in [3.63, 3.8) is 0 Å². The van der Waals surface area contributed by atoms with Gasteiger partial charge in [0, 0.05) is 18.9 Å². The Kier molecular flexibility index (Phi) is 6.58. The quantitative estimate of drug-likeness (QED) is 0.645. The van der Waals surface area contributed by atoms with Crippen LogP contribution >= 0.6 is 0 Å². The summed E-state index contributed by atoms with van der Waals surface area (Å²) in [6, 6.07) is 0.526. The van der Waals surface area contributed by atoms with Crippen molar-refractivity contribution in [2.24, 2.45) is 5.92 Å². The fourth-order valence-electron chi connectivity index (χ4n) is 2.11. The number of methoxy groups -OCH3 is 1. The number of hydrogen-bond donors (Lipinski definition) is 2. The van der Waals surface area contributed by atoms with Crippen LogP contribution in [-0.4, -0.2) is 54.4 Å². The maximum absolute atomic E-state index is 12.2. The number of amides is 1. The van der Waals surface area contributed by atoms with Crippen LogP contribution in [0.25, 0.3) is 0 Å². The second kappa shape index (κ2) is 8.66. The highest BCUT2D eigenvalue weighted by Gasteiger charge is 2.24. The molecule has 0 aliphatic heterocycles. The van der Waals surface area contributed by atoms with Crippen LogP contribution in [0.2, 0.25) is 0 Å². The van der Waals surface area contributed by atoms with Gasteiger partial charge in [-0.3, -0.25) is 4.79 Å². The fourth-order valence-corrected chi connectivity index (χ4v) is 2.11. The highest BCUT2D eigenvalue weighted by atomic mass is 16.6. The molecule has 0 unspecified atom stereocenters. The van der Waals surface area contributed by atoms with E-state index in [1.54, 1.807) is 6.92 Å². The molecule has 1 aliphatic carbocycles. The van der Waals surface area contributed by atoms with Crippen molar-refractivity contribution < 1.29 is 28.9 Å². The molecular formula is C17H24N2O6. The van der Waals surface area contributed by atoms with E-state index in [1.807, 2.05) is 0 Å². The van der Waals surface area contributed by atoms with Gasteiger partial charge < -0.3 is 24.6 Å². The summed E-state index contributed by atoms with van der Waals surface area (Å²) in [5, 5.41) is 12.4. The predicted octanol–water partition coefficient (Wildman–Crippen LogP) is 1.27. The summed E-state index contributed by atoms with van der Waals surface area (Å²) in [6.45, 7) is 4.24. The zero-order valence-electron chi connectivity index (χ0n) is 14.7. The number of ether oxygens (including phenoxy) is 3. The molecule has 1 aromatic heterocycles. The van der Waals surface area contributed by atoms with Gasteiger partial charge in [-0.25, -0.2) is 9.78 Å². The summed E-state index contributed by atoms with van der Waals surface area (Å²) in [5.74, 6) is -0.900. The Morgan fingerprint density at radius 1 is 1.40 bits per heavy atom. The monoisotopic (exact) mass is 352 g/mol. The molecular weight excluding hydrogens is 328 g/mol. The van der Waals surface area contributed by atoms with E-state index in [0.29, 0.717) is 19.1 Å². The number of nitrogens with one attached hydrogen (secondary N) is 1. The van der Waals surface area contributed by atoms with Gasteiger partial charge in [0.05, 0.1) is 13.7 Å². The summed E-state index contributed by atoms with van der Waals surface area (Å²) in [4.78, 5) is 28.0. The van der Waals surface area contributed by atoms with Crippen LogP contribution < -0.4 is 10.1 Å². The van der Waals surface area contributed by atoms with E-state index in [0.717, 1.165) is 0 Å². The first-order valence-electron chi connectivity index (χ1n) is 8.23. The van der Waals surface area contributed by atoms with Gasteiger partial charge in [0.1, 0.15) is 12.1 Å². The minimum atomic E-state index is -0.897.